The van der Waals surface area contributed by atoms with Gasteiger partial charge in [-0.2, -0.15) is 0 Å². The van der Waals surface area contributed by atoms with E-state index in [1.54, 1.807) is 0 Å². The average Bonchev–Trinajstić information content (AvgIpc) is 3.21. The van der Waals surface area contributed by atoms with Crippen molar-refractivity contribution in [2.45, 2.75) is 30.9 Å². The Bertz CT molecular complexity index is 1050. The summed E-state index contributed by atoms with van der Waals surface area (Å²) in [7, 11) is -8.96. The SMILES string of the molecule is Nc1ncnc2c1ncn2[C@H]1C[C@H](OP(N)(=O)O)[C@@H](COC(=O)[C@@H](N)CP(=O)(O)O)O1. The summed E-state index contributed by atoms with van der Waals surface area (Å²) in [6, 6.07) is -1.58. The molecule has 9 N–H and O–H groups in total. The number of rotatable bonds is 8. The first kappa shape index (κ1) is 23.7. The standard InChI is InChI=1S/C13H21N7O9P2/c14-6(3-30(22,23)24)13(21)27-2-8-7(29-31(16,25)26)1-9(28-8)20-5-19-10-11(15)17-4-18-12(10)20/h4-9H,1-3,14H2,(H2,15,17,18)(H3,16,25,26)(H2,22,23,24)/t6-,7-,8+,9+/m0/s1. The van der Waals surface area contributed by atoms with Crippen LogP contribution in [0.3, 0.4) is 0 Å². The molecule has 1 aliphatic rings. The highest BCUT2D eigenvalue weighted by Crippen LogP contribution is 2.42. The second kappa shape index (κ2) is 8.86. The van der Waals surface area contributed by atoms with Gasteiger partial charge in [0.2, 0.25) is 0 Å². The molecule has 18 heteroatoms. The van der Waals surface area contributed by atoms with E-state index in [1.807, 2.05) is 0 Å². The van der Waals surface area contributed by atoms with Crippen LogP contribution in [0, 0.1) is 0 Å². The second-order valence-corrected chi connectivity index (χ2v) is 9.77. The third-order valence-corrected chi connectivity index (χ3v) is 5.73. The lowest BCUT2D eigenvalue weighted by molar-refractivity contribution is -0.150. The highest BCUT2D eigenvalue weighted by molar-refractivity contribution is 7.51. The van der Waals surface area contributed by atoms with Crippen LogP contribution < -0.4 is 17.0 Å². The molecular weight excluding hydrogens is 460 g/mol. The summed E-state index contributed by atoms with van der Waals surface area (Å²) in [5.41, 5.74) is 16.9. The number of imidazole rings is 1. The van der Waals surface area contributed by atoms with Crippen LogP contribution >= 0.6 is 15.3 Å². The quantitative estimate of drug-likeness (QED) is 0.179. The predicted molar refractivity (Wildman–Crippen MR) is 103 cm³/mol. The summed E-state index contributed by atoms with van der Waals surface area (Å²) in [4.78, 5) is 51.2. The maximum Gasteiger partial charge on any atom is 0.400 e. The zero-order valence-electron chi connectivity index (χ0n) is 15.8. The van der Waals surface area contributed by atoms with E-state index in [-0.39, 0.29) is 12.2 Å². The zero-order chi connectivity index (χ0) is 23.0. The van der Waals surface area contributed by atoms with Crippen molar-refractivity contribution in [2.75, 3.05) is 18.5 Å². The first-order chi connectivity index (χ1) is 14.3. The molecule has 0 aromatic carbocycles. The molecule has 1 unspecified atom stereocenters. The molecule has 0 saturated carbocycles. The van der Waals surface area contributed by atoms with Gasteiger partial charge in [0.1, 0.15) is 42.9 Å². The Kier molecular flexibility index (Phi) is 6.76. The van der Waals surface area contributed by atoms with E-state index in [4.69, 9.17) is 40.8 Å². The van der Waals surface area contributed by atoms with Crippen molar-refractivity contribution in [2.24, 2.45) is 11.2 Å². The largest absolute Gasteiger partial charge is 0.462 e. The van der Waals surface area contributed by atoms with Gasteiger partial charge in [-0.1, -0.05) is 0 Å². The first-order valence-corrected chi connectivity index (χ1v) is 12.1. The molecule has 3 rings (SSSR count). The minimum atomic E-state index is -4.54. The lowest BCUT2D eigenvalue weighted by atomic mass is 10.2. The maximum atomic E-state index is 11.9. The number of esters is 1. The van der Waals surface area contributed by atoms with Crippen LogP contribution in [-0.2, 0) is 27.9 Å². The molecule has 0 radical (unpaired) electrons. The number of nitrogens with zero attached hydrogens (tertiary/aromatic N) is 4. The lowest BCUT2D eigenvalue weighted by Gasteiger charge is -2.20. The number of hydrogen-bond donors (Lipinski definition) is 6. The highest BCUT2D eigenvalue weighted by Gasteiger charge is 2.41. The molecule has 0 aliphatic carbocycles. The number of nitrogen functional groups attached to an aromatic ring is 1. The Morgan fingerprint density at radius 2 is 2.03 bits per heavy atom. The van der Waals surface area contributed by atoms with Gasteiger partial charge in [0.15, 0.2) is 11.5 Å². The van der Waals surface area contributed by atoms with Gasteiger partial charge in [-0.25, -0.2) is 25.0 Å². The molecule has 1 fully saturated rings. The van der Waals surface area contributed by atoms with Crippen molar-refractivity contribution in [3.05, 3.63) is 12.7 Å². The van der Waals surface area contributed by atoms with E-state index in [0.717, 1.165) is 0 Å². The van der Waals surface area contributed by atoms with Crippen molar-refractivity contribution < 1.29 is 42.6 Å². The van der Waals surface area contributed by atoms with Gasteiger partial charge in [0, 0.05) is 6.42 Å². The number of fused-ring (bicyclic) bond motifs is 1. The minimum Gasteiger partial charge on any atom is -0.462 e. The molecular formula is C13H21N7O9P2. The molecule has 0 amide bonds. The fourth-order valence-corrected chi connectivity index (χ4v) is 4.28. The second-order valence-electron chi connectivity index (χ2n) is 6.74. The molecule has 1 saturated heterocycles. The number of carbonyl (C=O) groups is 1. The number of ether oxygens (including phenoxy) is 2. The normalized spacial score (nSPS) is 24.7. The number of hydrogen-bond acceptors (Lipinski definition) is 11. The number of anilines is 1. The van der Waals surface area contributed by atoms with Crippen LogP contribution in [0.1, 0.15) is 12.6 Å². The summed E-state index contributed by atoms with van der Waals surface area (Å²) in [6.45, 7) is -0.487. The fraction of sp³-hybridized carbons (Fsp3) is 0.538. The van der Waals surface area contributed by atoms with Crippen molar-refractivity contribution >= 4 is 38.3 Å². The molecule has 0 spiro atoms. The van der Waals surface area contributed by atoms with Crippen LogP contribution in [0.25, 0.3) is 11.2 Å². The van der Waals surface area contributed by atoms with Gasteiger partial charge in [-0.05, 0) is 0 Å². The third-order valence-electron chi connectivity index (χ3n) is 4.29. The van der Waals surface area contributed by atoms with Gasteiger partial charge in [-0.3, -0.25) is 18.5 Å². The van der Waals surface area contributed by atoms with Gasteiger partial charge in [0.05, 0.1) is 12.5 Å². The van der Waals surface area contributed by atoms with Gasteiger partial charge in [0.25, 0.3) is 0 Å². The lowest BCUT2D eigenvalue weighted by Crippen LogP contribution is -2.38. The van der Waals surface area contributed by atoms with Crippen LogP contribution in [0.15, 0.2) is 12.7 Å². The topological polar surface area (TPSA) is 261 Å². The Morgan fingerprint density at radius 1 is 1.32 bits per heavy atom. The smallest absolute Gasteiger partial charge is 0.400 e. The minimum absolute atomic E-state index is 0.00781. The Labute approximate surface area is 174 Å². The highest BCUT2D eigenvalue weighted by atomic mass is 31.2. The molecule has 1 aliphatic heterocycles. The van der Waals surface area contributed by atoms with Crippen molar-refractivity contribution in [3.8, 4) is 0 Å². The van der Waals surface area contributed by atoms with Crippen LogP contribution in [-0.4, -0.2) is 71.2 Å². The third kappa shape index (κ3) is 6.04. The van der Waals surface area contributed by atoms with Gasteiger partial charge >= 0.3 is 21.3 Å². The molecule has 31 heavy (non-hydrogen) atoms. The van der Waals surface area contributed by atoms with Crippen LogP contribution in [0.4, 0.5) is 5.82 Å². The molecule has 0 bridgehead atoms. The first-order valence-electron chi connectivity index (χ1n) is 8.69. The molecule has 2 aromatic heterocycles. The monoisotopic (exact) mass is 481 g/mol. The van der Waals surface area contributed by atoms with E-state index in [2.05, 4.69) is 15.0 Å². The fourth-order valence-electron chi connectivity index (χ4n) is 3.01. The van der Waals surface area contributed by atoms with E-state index >= 15 is 0 Å². The van der Waals surface area contributed by atoms with Crippen molar-refractivity contribution in [3.63, 3.8) is 0 Å². The molecule has 172 valence electrons. The van der Waals surface area contributed by atoms with Gasteiger partial charge < -0.3 is 35.6 Å². The zero-order valence-corrected chi connectivity index (χ0v) is 17.6. The van der Waals surface area contributed by atoms with Crippen molar-refractivity contribution in [1.29, 1.82) is 0 Å². The molecule has 3 heterocycles. The summed E-state index contributed by atoms with van der Waals surface area (Å²) in [6.07, 6.45) is -1.23. The number of carbonyl (C=O) groups excluding carboxylic acids is 1. The summed E-state index contributed by atoms with van der Waals surface area (Å²) in [5, 5.41) is 0. The average molecular weight is 481 g/mol. The maximum absolute atomic E-state index is 11.9. The van der Waals surface area contributed by atoms with Crippen LogP contribution in [0.5, 0.6) is 0 Å². The van der Waals surface area contributed by atoms with E-state index in [9.17, 15) is 18.8 Å². The summed E-state index contributed by atoms with van der Waals surface area (Å²) in [5.74, 6) is -0.955. The Hall–Kier alpha value is -2.00. The Balaban J connectivity index is 1.75. The molecule has 2 aromatic rings. The molecule has 5 atom stereocenters. The van der Waals surface area contributed by atoms with Gasteiger partial charge in [-0.15, -0.1) is 0 Å². The van der Waals surface area contributed by atoms with Crippen molar-refractivity contribution in [1.82, 2.24) is 19.5 Å². The van der Waals surface area contributed by atoms with E-state index in [0.29, 0.717) is 11.2 Å². The Morgan fingerprint density at radius 3 is 2.68 bits per heavy atom. The van der Waals surface area contributed by atoms with Crippen LogP contribution in [0.2, 0.25) is 0 Å². The number of nitrogens with two attached hydrogens (primary N) is 3. The number of aromatic nitrogens is 4. The summed E-state index contributed by atoms with van der Waals surface area (Å²) >= 11 is 0. The predicted octanol–water partition coefficient (Wildman–Crippen LogP) is -1.81. The van der Waals surface area contributed by atoms with E-state index < -0.39 is 58.6 Å². The summed E-state index contributed by atoms with van der Waals surface area (Å²) < 4.78 is 39.7. The van der Waals surface area contributed by atoms with E-state index in [1.165, 1.54) is 17.2 Å². The molecule has 16 nitrogen and oxygen atoms in total.